The summed E-state index contributed by atoms with van der Waals surface area (Å²) in [6.07, 6.45) is 0. The van der Waals surface area contributed by atoms with Gasteiger partial charge in [-0.1, -0.05) is 11.3 Å². The number of anilines is 1. The molecule has 0 amide bonds. The minimum atomic E-state index is -1.04. The zero-order valence-electron chi connectivity index (χ0n) is 6.10. The van der Waals surface area contributed by atoms with Gasteiger partial charge in [0.1, 0.15) is 11.6 Å². The molecule has 1 aromatic rings. The van der Waals surface area contributed by atoms with Crippen LogP contribution in [0.1, 0.15) is 0 Å². The summed E-state index contributed by atoms with van der Waals surface area (Å²) < 4.78 is 0. The molecule has 0 spiro atoms. The number of aromatic nitrogens is 2. The lowest BCUT2D eigenvalue weighted by atomic mass is 10.3. The van der Waals surface area contributed by atoms with Gasteiger partial charge >= 0.3 is 5.97 Å². The van der Waals surface area contributed by atoms with Crippen molar-refractivity contribution in [2.45, 2.75) is 6.04 Å². The van der Waals surface area contributed by atoms with Gasteiger partial charge in [-0.3, -0.25) is 4.79 Å². The van der Waals surface area contributed by atoms with Gasteiger partial charge in [0.25, 0.3) is 0 Å². The molecule has 1 aromatic heterocycles. The molecule has 0 fully saturated rings. The molecule has 1 atom stereocenters. The van der Waals surface area contributed by atoms with Gasteiger partial charge in [-0.15, -0.1) is 10.2 Å². The van der Waals surface area contributed by atoms with Crippen molar-refractivity contribution in [1.82, 2.24) is 10.2 Å². The van der Waals surface area contributed by atoms with E-state index in [0.717, 1.165) is 0 Å². The second-order valence-electron chi connectivity index (χ2n) is 2.07. The van der Waals surface area contributed by atoms with Crippen molar-refractivity contribution in [3.05, 3.63) is 5.51 Å². The van der Waals surface area contributed by atoms with E-state index in [4.69, 9.17) is 10.8 Å². The average molecular weight is 188 g/mol. The van der Waals surface area contributed by atoms with Crippen LogP contribution in [-0.2, 0) is 4.79 Å². The molecule has 7 heteroatoms. The molecule has 6 nitrogen and oxygen atoms in total. The van der Waals surface area contributed by atoms with E-state index in [1.54, 1.807) is 5.51 Å². The first kappa shape index (κ1) is 8.88. The molecule has 0 radical (unpaired) electrons. The van der Waals surface area contributed by atoms with Crippen LogP contribution < -0.4 is 11.1 Å². The lowest BCUT2D eigenvalue weighted by molar-refractivity contribution is -0.138. The summed E-state index contributed by atoms with van der Waals surface area (Å²) >= 11 is 1.29. The van der Waals surface area contributed by atoms with Gasteiger partial charge in [-0.25, -0.2) is 0 Å². The zero-order valence-corrected chi connectivity index (χ0v) is 6.91. The third-order valence-electron chi connectivity index (χ3n) is 1.15. The zero-order chi connectivity index (χ0) is 8.97. The molecule has 1 rings (SSSR count). The highest BCUT2D eigenvalue weighted by Crippen LogP contribution is 2.06. The Morgan fingerprint density at radius 3 is 3.17 bits per heavy atom. The molecular weight excluding hydrogens is 180 g/mol. The Morgan fingerprint density at radius 2 is 2.67 bits per heavy atom. The number of carboxylic acids is 1. The summed E-state index contributed by atoms with van der Waals surface area (Å²) in [5.41, 5.74) is 6.78. The minimum Gasteiger partial charge on any atom is -0.480 e. The van der Waals surface area contributed by atoms with Crippen molar-refractivity contribution >= 4 is 22.4 Å². The van der Waals surface area contributed by atoms with Crippen molar-refractivity contribution < 1.29 is 9.90 Å². The van der Waals surface area contributed by atoms with Crippen LogP contribution in [0.4, 0.5) is 5.13 Å². The number of rotatable bonds is 4. The maximum absolute atomic E-state index is 10.3. The van der Waals surface area contributed by atoms with Gasteiger partial charge in [-0.2, -0.15) is 0 Å². The Bertz CT molecular complexity index is 250. The van der Waals surface area contributed by atoms with E-state index >= 15 is 0 Å². The number of nitrogens with one attached hydrogen (secondary N) is 1. The van der Waals surface area contributed by atoms with E-state index < -0.39 is 12.0 Å². The van der Waals surface area contributed by atoms with Crippen molar-refractivity contribution in [2.75, 3.05) is 11.9 Å². The van der Waals surface area contributed by atoms with Gasteiger partial charge in [-0.05, 0) is 0 Å². The largest absolute Gasteiger partial charge is 0.480 e. The molecule has 0 saturated carbocycles. The van der Waals surface area contributed by atoms with Gasteiger partial charge in [0, 0.05) is 6.54 Å². The second kappa shape index (κ2) is 3.98. The minimum absolute atomic E-state index is 0.157. The fourth-order valence-corrected chi connectivity index (χ4v) is 0.990. The van der Waals surface area contributed by atoms with Crippen LogP contribution in [0, 0.1) is 0 Å². The predicted molar refractivity (Wildman–Crippen MR) is 44.0 cm³/mol. The number of carboxylic acid groups (broad SMARTS) is 1. The molecule has 0 aliphatic heterocycles. The van der Waals surface area contributed by atoms with E-state index in [1.807, 2.05) is 0 Å². The third-order valence-corrected chi connectivity index (χ3v) is 1.80. The standard InChI is InChI=1S/C5H8N4O2S/c6-3(4(10)11)1-7-5-9-8-2-12-5/h2-3H,1,6H2,(H,7,9)(H,10,11)/t3-/m0/s1. The number of nitrogens with two attached hydrogens (primary N) is 1. The van der Waals surface area contributed by atoms with Crippen LogP contribution >= 0.6 is 11.3 Å². The average Bonchev–Trinajstić information content (AvgIpc) is 2.51. The first-order valence-corrected chi connectivity index (χ1v) is 4.06. The summed E-state index contributed by atoms with van der Waals surface area (Å²) in [6.45, 7) is 0.157. The summed E-state index contributed by atoms with van der Waals surface area (Å²) in [4.78, 5) is 10.3. The highest BCUT2D eigenvalue weighted by molar-refractivity contribution is 7.13. The van der Waals surface area contributed by atoms with E-state index in [2.05, 4.69) is 15.5 Å². The van der Waals surface area contributed by atoms with Crippen LogP contribution in [0.15, 0.2) is 5.51 Å². The van der Waals surface area contributed by atoms with Crippen molar-refractivity contribution in [3.63, 3.8) is 0 Å². The highest BCUT2D eigenvalue weighted by atomic mass is 32.1. The lowest BCUT2D eigenvalue weighted by Crippen LogP contribution is -2.36. The van der Waals surface area contributed by atoms with Crippen molar-refractivity contribution in [3.8, 4) is 0 Å². The normalized spacial score (nSPS) is 12.4. The summed E-state index contributed by atoms with van der Waals surface area (Å²) in [6, 6.07) is -0.908. The fourth-order valence-electron chi connectivity index (χ4n) is 0.535. The topological polar surface area (TPSA) is 101 Å². The number of hydrogen-bond acceptors (Lipinski definition) is 6. The smallest absolute Gasteiger partial charge is 0.322 e. The molecule has 0 bridgehead atoms. The number of carbonyl (C=O) groups is 1. The molecule has 1 heterocycles. The van der Waals surface area contributed by atoms with Gasteiger partial charge < -0.3 is 16.2 Å². The summed E-state index contributed by atoms with van der Waals surface area (Å²) in [7, 11) is 0. The maximum atomic E-state index is 10.3. The Labute approximate surface area is 72.4 Å². The van der Waals surface area contributed by atoms with E-state index in [1.165, 1.54) is 11.3 Å². The van der Waals surface area contributed by atoms with E-state index in [0.29, 0.717) is 5.13 Å². The van der Waals surface area contributed by atoms with Gasteiger partial charge in [0.2, 0.25) is 5.13 Å². The fraction of sp³-hybridized carbons (Fsp3) is 0.400. The molecule has 0 saturated heterocycles. The number of aliphatic carboxylic acids is 1. The summed E-state index contributed by atoms with van der Waals surface area (Å²) in [5, 5.41) is 19.0. The molecule has 12 heavy (non-hydrogen) atoms. The lowest BCUT2D eigenvalue weighted by Gasteiger charge is -2.05. The predicted octanol–water partition coefficient (Wildman–Crippen LogP) is -0.638. The van der Waals surface area contributed by atoms with E-state index in [9.17, 15) is 4.79 Å². The Hall–Kier alpha value is -1.21. The molecule has 0 aliphatic rings. The van der Waals surface area contributed by atoms with Crippen molar-refractivity contribution in [1.29, 1.82) is 0 Å². The van der Waals surface area contributed by atoms with Crippen LogP contribution in [-0.4, -0.2) is 33.9 Å². The number of hydrogen-bond donors (Lipinski definition) is 3. The second-order valence-corrected chi connectivity index (χ2v) is 2.90. The summed E-state index contributed by atoms with van der Waals surface area (Å²) in [5.74, 6) is -1.04. The Balaban J connectivity index is 2.31. The number of nitrogens with zero attached hydrogens (tertiary/aromatic N) is 2. The van der Waals surface area contributed by atoms with Crippen LogP contribution in [0.5, 0.6) is 0 Å². The third kappa shape index (κ3) is 2.44. The SMILES string of the molecule is N[C@@H](CNc1nncs1)C(=O)O. The Kier molecular flexibility index (Phi) is 2.94. The highest BCUT2D eigenvalue weighted by Gasteiger charge is 2.10. The molecule has 0 unspecified atom stereocenters. The molecule has 4 N–H and O–H groups in total. The monoisotopic (exact) mass is 188 g/mol. The van der Waals surface area contributed by atoms with Crippen molar-refractivity contribution in [2.24, 2.45) is 5.73 Å². The first-order chi connectivity index (χ1) is 5.70. The Morgan fingerprint density at radius 1 is 1.92 bits per heavy atom. The molecule has 0 aliphatic carbocycles. The van der Waals surface area contributed by atoms with Crippen LogP contribution in [0.2, 0.25) is 0 Å². The quantitative estimate of drug-likeness (QED) is 0.581. The molecule has 66 valence electrons. The molecular formula is C5H8N4O2S. The van der Waals surface area contributed by atoms with Crippen LogP contribution in [0.25, 0.3) is 0 Å². The molecule has 0 aromatic carbocycles. The van der Waals surface area contributed by atoms with Gasteiger partial charge in [0.05, 0.1) is 0 Å². The van der Waals surface area contributed by atoms with Gasteiger partial charge in [0.15, 0.2) is 0 Å². The van der Waals surface area contributed by atoms with E-state index in [-0.39, 0.29) is 6.54 Å². The van der Waals surface area contributed by atoms with Crippen LogP contribution in [0.3, 0.4) is 0 Å². The maximum Gasteiger partial charge on any atom is 0.322 e. The first-order valence-electron chi connectivity index (χ1n) is 3.18.